The van der Waals surface area contributed by atoms with Crippen molar-refractivity contribution < 1.29 is 0 Å². The topological polar surface area (TPSA) is 55.6 Å². The zero-order valence-electron chi connectivity index (χ0n) is 11.0. The third-order valence-electron chi connectivity index (χ3n) is 3.73. The summed E-state index contributed by atoms with van der Waals surface area (Å²) < 4.78 is 1.79. The van der Waals surface area contributed by atoms with Crippen LogP contribution in [0.25, 0.3) is 5.69 Å². The number of nitrogens with one attached hydrogen (secondary N) is 1. The first-order valence-electron chi connectivity index (χ1n) is 6.97. The fourth-order valence-corrected chi connectivity index (χ4v) is 2.69. The Morgan fingerprint density at radius 3 is 2.74 bits per heavy atom. The first-order valence-corrected chi connectivity index (χ1v) is 6.97. The maximum atomic E-state index is 4.10. The molecule has 0 amide bonds. The predicted molar refractivity (Wildman–Crippen MR) is 72.8 cm³/mol. The second-order valence-corrected chi connectivity index (χ2v) is 5.12. The summed E-state index contributed by atoms with van der Waals surface area (Å²) in [7, 11) is 0. The molecule has 1 aliphatic rings. The Bertz CT molecular complexity index is 502. The van der Waals surface area contributed by atoms with Crippen LogP contribution in [0.1, 0.15) is 31.5 Å². The predicted octanol–water partition coefficient (Wildman–Crippen LogP) is 1.94. The molecular formula is C14H19N5. The van der Waals surface area contributed by atoms with E-state index in [1.165, 1.54) is 25.7 Å². The van der Waals surface area contributed by atoms with Crippen molar-refractivity contribution in [3.63, 3.8) is 0 Å². The quantitative estimate of drug-likeness (QED) is 0.889. The molecule has 1 aromatic heterocycles. The van der Waals surface area contributed by atoms with Gasteiger partial charge in [0.2, 0.25) is 0 Å². The van der Waals surface area contributed by atoms with E-state index in [-0.39, 0.29) is 0 Å². The Labute approximate surface area is 113 Å². The molecule has 1 heterocycles. The lowest BCUT2D eigenvalue weighted by Gasteiger charge is -2.10. The molecule has 5 nitrogen and oxygen atoms in total. The number of hydrogen-bond donors (Lipinski definition) is 1. The maximum absolute atomic E-state index is 4.10. The summed E-state index contributed by atoms with van der Waals surface area (Å²) in [5, 5.41) is 15.4. The van der Waals surface area contributed by atoms with E-state index in [9.17, 15) is 0 Å². The van der Waals surface area contributed by atoms with Gasteiger partial charge in [-0.05, 0) is 47.9 Å². The lowest BCUT2D eigenvalue weighted by molar-refractivity contribution is 0.481. The Hall–Kier alpha value is -1.75. The number of para-hydroxylation sites is 1. The number of aromatic nitrogens is 4. The van der Waals surface area contributed by atoms with Crippen LogP contribution in [0.3, 0.4) is 0 Å². The van der Waals surface area contributed by atoms with Crippen molar-refractivity contribution in [1.82, 2.24) is 25.5 Å². The molecule has 0 bridgehead atoms. The maximum Gasteiger partial charge on any atom is 0.170 e. The minimum atomic E-state index is 0.721. The molecule has 0 aliphatic heterocycles. The van der Waals surface area contributed by atoms with Crippen LogP contribution in [-0.4, -0.2) is 26.8 Å². The molecule has 0 unspecified atom stereocenters. The lowest BCUT2D eigenvalue weighted by Crippen LogP contribution is -2.22. The van der Waals surface area contributed by atoms with E-state index in [2.05, 4.69) is 20.8 Å². The first kappa shape index (κ1) is 12.3. The summed E-state index contributed by atoms with van der Waals surface area (Å²) >= 11 is 0. The summed E-state index contributed by atoms with van der Waals surface area (Å²) in [6, 6.07) is 10.00. The van der Waals surface area contributed by atoms with E-state index in [1.54, 1.807) is 4.68 Å². The average Bonchev–Trinajstić information content (AvgIpc) is 3.11. The second-order valence-electron chi connectivity index (χ2n) is 5.12. The Morgan fingerprint density at radius 2 is 1.95 bits per heavy atom. The normalized spacial score (nSPS) is 16.0. The van der Waals surface area contributed by atoms with Crippen molar-refractivity contribution >= 4 is 0 Å². The molecule has 100 valence electrons. The zero-order chi connectivity index (χ0) is 12.9. The summed E-state index contributed by atoms with van der Waals surface area (Å²) in [5.74, 6) is 1.70. The van der Waals surface area contributed by atoms with Crippen molar-refractivity contribution in [2.24, 2.45) is 5.92 Å². The molecule has 1 fully saturated rings. The van der Waals surface area contributed by atoms with Crippen LogP contribution < -0.4 is 5.32 Å². The van der Waals surface area contributed by atoms with Crippen LogP contribution in [0, 0.1) is 5.92 Å². The Kier molecular flexibility index (Phi) is 3.83. The third kappa shape index (κ3) is 2.98. The number of nitrogens with zero attached hydrogens (tertiary/aromatic N) is 4. The van der Waals surface area contributed by atoms with Gasteiger partial charge in [0.05, 0.1) is 12.2 Å². The van der Waals surface area contributed by atoms with Gasteiger partial charge in [-0.3, -0.25) is 0 Å². The second kappa shape index (κ2) is 5.93. The molecule has 0 saturated heterocycles. The summed E-state index contributed by atoms with van der Waals surface area (Å²) in [6.07, 6.45) is 5.48. The molecule has 1 N–H and O–H groups in total. The van der Waals surface area contributed by atoms with E-state index in [4.69, 9.17) is 0 Å². The molecule has 1 aromatic carbocycles. The number of benzene rings is 1. The highest BCUT2D eigenvalue weighted by Crippen LogP contribution is 2.23. The van der Waals surface area contributed by atoms with E-state index >= 15 is 0 Å². The van der Waals surface area contributed by atoms with E-state index in [0.29, 0.717) is 0 Å². The Morgan fingerprint density at radius 1 is 1.16 bits per heavy atom. The summed E-state index contributed by atoms with van der Waals surface area (Å²) in [6.45, 7) is 1.79. The van der Waals surface area contributed by atoms with Crippen LogP contribution in [0.15, 0.2) is 30.3 Å². The fourth-order valence-electron chi connectivity index (χ4n) is 2.69. The summed E-state index contributed by atoms with van der Waals surface area (Å²) in [5.41, 5.74) is 1.00. The van der Waals surface area contributed by atoms with Gasteiger partial charge in [-0.15, -0.1) is 5.10 Å². The smallest absolute Gasteiger partial charge is 0.170 e. The molecule has 3 rings (SSSR count). The molecule has 1 saturated carbocycles. The van der Waals surface area contributed by atoms with Gasteiger partial charge in [0, 0.05) is 0 Å². The molecule has 0 radical (unpaired) electrons. The number of rotatable bonds is 5. The molecule has 2 aromatic rings. The van der Waals surface area contributed by atoms with Crippen LogP contribution >= 0.6 is 0 Å². The average molecular weight is 257 g/mol. The van der Waals surface area contributed by atoms with E-state index in [1.807, 2.05) is 30.3 Å². The molecule has 0 spiro atoms. The van der Waals surface area contributed by atoms with Gasteiger partial charge >= 0.3 is 0 Å². The van der Waals surface area contributed by atoms with Crippen molar-refractivity contribution in [3.8, 4) is 5.69 Å². The van der Waals surface area contributed by atoms with Gasteiger partial charge in [-0.25, -0.2) is 0 Å². The Balaban J connectivity index is 1.61. The molecule has 0 atom stereocenters. The highest BCUT2D eigenvalue weighted by atomic mass is 15.5. The van der Waals surface area contributed by atoms with Crippen LogP contribution in [-0.2, 0) is 6.54 Å². The largest absolute Gasteiger partial charge is 0.310 e. The number of tetrazole rings is 1. The minimum Gasteiger partial charge on any atom is -0.310 e. The minimum absolute atomic E-state index is 0.721. The fraction of sp³-hybridized carbons (Fsp3) is 0.500. The van der Waals surface area contributed by atoms with Crippen molar-refractivity contribution in [3.05, 3.63) is 36.2 Å². The molecule has 5 heteroatoms. The van der Waals surface area contributed by atoms with E-state index < -0.39 is 0 Å². The van der Waals surface area contributed by atoms with Crippen LogP contribution in [0.2, 0.25) is 0 Å². The van der Waals surface area contributed by atoms with E-state index in [0.717, 1.165) is 30.5 Å². The van der Waals surface area contributed by atoms with Gasteiger partial charge in [-0.2, -0.15) is 4.68 Å². The van der Waals surface area contributed by atoms with Crippen molar-refractivity contribution in [1.29, 1.82) is 0 Å². The first-order chi connectivity index (χ1) is 9.43. The highest BCUT2D eigenvalue weighted by molar-refractivity contribution is 5.30. The molecule has 1 aliphatic carbocycles. The van der Waals surface area contributed by atoms with Crippen molar-refractivity contribution in [2.45, 2.75) is 32.2 Å². The monoisotopic (exact) mass is 257 g/mol. The third-order valence-corrected chi connectivity index (χ3v) is 3.73. The number of hydrogen-bond acceptors (Lipinski definition) is 4. The SMILES string of the molecule is c1ccc(-n2nnnc2CNCC2CCCC2)cc1. The van der Waals surface area contributed by atoms with Gasteiger partial charge in [0.1, 0.15) is 0 Å². The molecule has 19 heavy (non-hydrogen) atoms. The van der Waals surface area contributed by atoms with Gasteiger partial charge in [0.25, 0.3) is 0 Å². The van der Waals surface area contributed by atoms with Crippen LogP contribution in [0.4, 0.5) is 0 Å². The zero-order valence-corrected chi connectivity index (χ0v) is 11.0. The van der Waals surface area contributed by atoms with Gasteiger partial charge in [-0.1, -0.05) is 31.0 Å². The van der Waals surface area contributed by atoms with Crippen LogP contribution in [0.5, 0.6) is 0 Å². The van der Waals surface area contributed by atoms with Gasteiger partial charge < -0.3 is 5.32 Å². The standard InChI is InChI=1S/C14H19N5/c1-2-8-13(9-3-1)19-14(16-17-18-19)11-15-10-12-6-4-5-7-12/h1-3,8-9,12,15H,4-7,10-11H2. The van der Waals surface area contributed by atoms with Gasteiger partial charge in [0.15, 0.2) is 5.82 Å². The lowest BCUT2D eigenvalue weighted by atomic mass is 10.1. The molecular weight excluding hydrogens is 238 g/mol. The summed E-state index contributed by atoms with van der Waals surface area (Å²) in [4.78, 5) is 0. The van der Waals surface area contributed by atoms with Crippen molar-refractivity contribution in [2.75, 3.05) is 6.54 Å². The highest BCUT2D eigenvalue weighted by Gasteiger charge is 2.15.